The zero-order chi connectivity index (χ0) is 19.2. The van der Waals surface area contributed by atoms with Crippen LogP contribution in [0.25, 0.3) is 11.4 Å². The third-order valence-corrected chi connectivity index (χ3v) is 4.17. The summed E-state index contributed by atoms with van der Waals surface area (Å²) in [7, 11) is 0. The van der Waals surface area contributed by atoms with Gasteiger partial charge in [-0.05, 0) is 61.5 Å². The molecule has 0 atom stereocenters. The molecular formula is C20H20N4O2S. The molecule has 0 bridgehead atoms. The summed E-state index contributed by atoms with van der Waals surface area (Å²) in [6.07, 6.45) is 3.88. The van der Waals surface area contributed by atoms with Crippen LogP contribution in [-0.2, 0) is 6.42 Å². The van der Waals surface area contributed by atoms with Gasteiger partial charge in [-0.3, -0.25) is 0 Å². The van der Waals surface area contributed by atoms with E-state index in [0.717, 1.165) is 16.9 Å². The van der Waals surface area contributed by atoms with E-state index in [1.807, 2.05) is 43.3 Å². The van der Waals surface area contributed by atoms with E-state index in [-0.39, 0.29) is 5.75 Å². The van der Waals surface area contributed by atoms with E-state index >= 15 is 0 Å². The summed E-state index contributed by atoms with van der Waals surface area (Å²) in [6, 6.07) is 13.0. The molecule has 0 saturated heterocycles. The molecular weight excluding hydrogens is 360 g/mol. The molecule has 0 radical (unpaired) electrons. The van der Waals surface area contributed by atoms with E-state index in [1.165, 1.54) is 4.68 Å². The molecule has 0 aliphatic heterocycles. The highest BCUT2D eigenvalue weighted by molar-refractivity contribution is 7.71. The number of aromatic amines is 1. The number of rotatable bonds is 7. The molecule has 6 nitrogen and oxygen atoms in total. The molecule has 27 heavy (non-hydrogen) atoms. The minimum Gasteiger partial charge on any atom is -0.507 e. The van der Waals surface area contributed by atoms with Crippen molar-refractivity contribution in [3.05, 3.63) is 71.0 Å². The number of phenolic OH excluding ortho intramolecular Hbond substituents is 1. The first-order valence-corrected chi connectivity index (χ1v) is 8.91. The molecule has 3 rings (SSSR count). The molecule has 0 unspecified atom stereocenters. The molecule has 7 heteroatoms. The molecule has 138 valence electrons. The van der Waals surface area contributed by atoms with Crippen molar-refractivity contribution < 1.29 is 9.84 Å². The number of benzene rings is 2. The number of phenols is 1. The second-order valence-corrected chi connectivity index (χ2v) is 6.10. The van der Waals surface area contributed by atoms with E-state index in [4.69, 9.17) is 17.0 Å². The molecule has 0 fully saturated rings. The Labute approximate surface area is 162 Å². The standard InChI is InChI=1S/C20H20N4O2S/c1-3-6-14-7-5-8-16(18(14)25)13-21-24-19(22-23-20(24)27)15-9-11-17(12-10-15)26-4-2/h3,5,7-13,25H,1,4,6H2,2H3,(H,23,27)/b21-13+. The van der Waals surface area contributed by atoms with Gasteiger partial charge in [-0.2, -0.15) is 14.9 Å². The number of hydrogen-bond donors (Lipinski definition) is 2. The van der Waals surface area contributed by atoms with Crippen LogP contribution in [0.5, 0.6) is 11.5 Å². The van der Waals surface area contributed by atoms with Crippen LogP contribution in [0.3, 0.4) is 0 Å². The van der Waals surface area contributed by atoms with Crippen LogP contribution in [0.4, 0.5) is 0 Å². The highest BCUT2D eigenvalue weighted by Crippen LogP contribution is 2.23. The van der Waals surface area contributed by atoms with Gasteiger partial charge in [0.15, 0.2) is 5.82 Å². The van der Waals surface area contributed by atoms with E-state index < -0.39 is 0 Å². The molecule has 1 heterocycles. The number of nitrogens with zero attached hydrogens (tertiary/aromatic N) is 3. The quantitative estimate of drug-likeness (QED) is 0.364. The van der Waals surface area contributed by atoms with Crippen molar-refractivity contribution in [2.75, 3.05) is 6.61 Å². The Morgan fingerprint density at radius 1 is 1.30 bits per heavy atom. The third-order valence-electron chi connectivity index (χ3n) is 3.90. The summed E-state index contributed by atoms with van der Waals surface area (Å²) in [5.74, 6) is 1.54. The van der Waals surface area contributed by atoms with Crippen molar-refractivity contribution in [1.29, 1.82) is 0 Å². The van der Waals surface area contributed by atoms with Gasteiger partial charge in [0, 0.05) is 11.1 Å². The van der Waals surface area contributed by atoms with Gasteiger partial charge in [0.2, 0.25) is 4.77 Å². The highest BCUT2D eigenvalue weighted by Gasteiger charge is 2.09. The molecule has 3 aromatic rings. The normalized spacial score (nSPS) is 11.0. The van der Waals surface area contributed by atoms with Gasteiger partial charge in [-0.1, -0.05) is 18.2 Å². The van der Waals surface area contributed by atoms with E-state index in [0.29, 0.717) is 29.2 Å². The Balaban J connectivity index is 1.94. The predicted octanol–water partition coefficient (Wildman–Crippen LogP) is 4.32. The topological polar surface area (TPSA) is 75.4 Å². The summed E-state index contributed by atoms with van der Waals surface area (Å²) >= 11 is 5.29. The molecule has 0 aliphatic rings. The fourth-order valence-corrected chi connectivity index (χ4v) is 2.79. The van der Waals surface area contributed by atoms with E-state index in [1.54, 1.807) is 18.4 Å². The molecule has 0 spiro atoms. The number of allylic oxidation sites excluding steroid dienone is 1. The summed E-state index contributed by atoms with van der Waals surface area (Å²) in [4.78, 5) is 0. The van der Waals surface area contributed by atoms with E-state index in [2.05, 4.69) is 21.9 Å². The largest absolute Gasteiger partial charge is 0.507 e. The Hall–Kier alpha value is -3.19. The number of nitrogens with one attached hydrogen (secondary N) is 1. The maximum Gasteiger partial charge on any atom is 0.216 e. The van der Waals surface area contributed by atoms with Crippen molar-refractivity contribution in [3.63, 3.8) is 0 Å². The lowest BCUT2D eigenvalue weighted by Crippen LogP contribution is -1.96. The third kappa shape index (κ3) is 4.15. The van der Waals surface area contributed by atoms with Gasteiger partial charge in [0.05, 0.1) is 12.8 Å². The van der Waals surface area contributed by atoms with Crippen LogP contribution < -0.4 is 4.74 Å². The summed E-state index contributed by atoms with van der Waals surface area (Å²) in [5.41, 5.74) is 2.22. The SMILES string of the molecule is C=CCc1cccc(/C=N/n2c(-c3ccc(OCC)cc3)n[nH]c2=S)c1O. The molecule has 0 saturated carbocycles. The Morgan fingerprint density at radius 2 is 2.07 bits per heavy atom. The van der Waals surface area contributed by atoms with Crippen LogP contribution in [-0.4, -0.2) is 32.8 Å². The van der Waals surface area contributed by atoms with Crippen molar-refractivity contribution in [2.24, 2.45) is 5.10 Å². The number of aromatic nitrogens is 3. The van der Waals surface area contributed by atoms with Gasteiger partial charge >= 0.3 is 0 Å². The monoisotopic (exact) mass is 380 g/mol. The van der Waals surface area contributed by atoms with Crippen LogP contribution in [0.1, 0.15) is 18.1 Å². The Bertz CT molecular complexity index is 1020. The van der Waals surface area contributed by atoms with Gasteiger partial charge in [-0.25, -0.2) is 5.10 Å². The van der Waals surface area contributed by atoms with Crippen molar-refractivity contribution in [1.82, 2.24) is 14.9 Å². The molecule has 2 aromatic carbocycles. The molecule has 0 aliphatic carbocycles. The van der Waals surface area contributed by atoms with Gasteiger partial charge in [0.1, 0.15) is 11.5 Å². The second kappa shape index (κ2) is 8.46. The van der Waals surface area contributed by atoms with Crippen LogP contribution in [0, 0.1) is 4.77 Å². The maximum absolute atomic E-state index is 10.4. The minimum atomic E-state index is 0.179. The first kappa shape index (κ1) is 18.6. The van der Waals surface area contributed by atoms with Crippen LogP contribution >= 0.6 is 12.2 Å². The number of ether oxygens (including phenoxy) is 1. The lowest BCUT2D eigenvalue weighted by Gasteiger charge is -2.06. The maximum atomic E-state index is 10.4. The fraction of sp³-hybridized carbons (Fsp3) is 0.150. The number of hydrogen-bond acceptors (Lipinski definition) is 5. The zero-order valence-electron chi connectivity index (χ0n) is 14.9. The van der Waals surface area contributed by atoms with Gasteiger partial charge in [0.25, 0.3) is 0 Å². The summed E-state index contributed by atoms with van der Waals surface area (Å²) in [5, 5.41) is 21.8. The molecule has 0 amide bonds. The van der Waals surface area contributed by atoms with Gasteiger partial charge in [-0.15, -0.1) is 6.58 Å². The average Bonchev–Trinajstić information content (AvgIpc) is 3.04. The smallest absolute Gasteiger partial charge is 0.216 e. The first-order valence-electron chi connectivity index (χ1n) is 8.50. The number of para-hydroxylation sites is 1. The molecule has 2 N–H and O–H groups in total. The lowest BCUT2D eigenvalue weighted by atomic mass is 10.1. The lowest BCUT2D eigenvalue weighted by molar-refractivity contribution is 0.340. The van der Waals surface area contributed by atoms with Crippen LogP contribution in [0.2, 0.25) is 0 Å². The van der Waals surface area contributed by atoms with Crippen molar-refractivity contribution in [3.8, 4) is 22.9 Å². The Morgan fingerprint density at radius 3 is 2.78 bits per heavy atom. The first-order chi connectivity index (χ1) is 13.1. The predicted molar refractivity (Wildman–Crippen MR) is 109 cm³/mol. The minimum absolute atomic E-state index is 0.179. The Kier molecular flexibility index (Phi) is 5.83. The van der Waals surface area contributed by atoms with Crippen molar-refractivity contribution >= 4 is 18.4 Å². The van der Waals surface area contributed by atoms with Gasteiger partial charge < -0.3 is 9.84 Å². The number of H-pyrrole nitrogens is 1. The van der Waals surface area contributed by atoms with Crippen molar-refractivity contribution in [2.45, 2.75) is 13.3 Å². The average molecular weight is 380 g/mol. The number of aromatic hydroxyl groups is 1. The zero-order valence-corrected chi connectivity index (χ0v) is 15.7. The highest BCUT2D eigenvalue weighted by atomic mass is 32.1. The van der Waals surface area contributed by atoms with Crippen LogP contribution in [0.15, 0.2) is 60.2 Å². The fourth-order valence-electron chi connectivity index (χ4n) is 2.61. The van der Waals surface area contributed by atoms with E-state index in [9.17, 15) is 5.11 Å². The second-order valence-electron chi connectivity index (χ2n) is 5.71. The summed E-state index contributed by atoms with van der Waals surface area (Å²) < 4.78 is 7.34. The molecule has 1 aromatic heterocycles. The summed E-state index contributed by atoms with van der Waals surface area (Å²) in [6.45, 7) is 6.25.